The summed E-state index contributed by atoms with van der Waals surface area (Å²) in [5, 5.41) is 10.4. The Labute approximate surface area is 489 Å². The molecule has 2 nitrogen and oxygen atoms in total. The maximum absolute atomic E-state index is 2.55. The minimum atomic E-state index is -0.0768. The largest absolute Gasteiger partial charge is 0.347 e. The van der Waals surface area contributed by atoms with Crippen molar-refractivity contribution in [3.05, 3.63) is 179 Å². The Hall–Kier alpha value is -7.42. The smallest absolute Gasteiger partial charge is 0.0492 e. The first-order valence-corrected chi connectivity index (χ1v) is 30.2. The van der Waals surface area contributed by atoms with Crippen molar-refractivity contribution in [2.75, 3.05) is 0 Å². The van der Waals surface area contributed by atoms with Crippen molar-refractivity contribution < 1.29 is 0 Å². The summed E-state index contributed by atoms with van der Waals surface area (Å²) in [5.41, 5.74) is 28.7. The molecule has 0 radical (unpaired) electrons. The maximum Gasteiger partial charge on any atom is 0.0492 e. The number of benzene rings is 9. The van der Waals surface area contributed by atoms with Crippen LogP contribution in [0.15, 0.2) is 146 Å². The van der Waals surface area contributed by atoms with E-state index in [9.17, 15) is 0 Å². The maximum atomic E-state index is 2.55. The highest BCUT2D eigenvalue weighted by Crippen LogP contribution is 2.65. The van der Waals surface area contributed by atoms with E-state index in [0.29, 0.717) is 0 Å². The second kappa shape index (κ2) is 17.6. The van der Waals surface area contributed by atoms with Gasteiger partial charge in [-0.25, -0.2) is 0 Å². The highest BCUT2D eigenvalue weighted by Gasteiger charge is 2.39. The van der Waals surface area contributed by atoms with E-state index in [-0.39, 0.29) is 32.5 Å². The van der Waals surface area contributed by atoms with Crippen LogP contribution in [0.3, 0.4) is 0 Å². The molecule has 414 valence electrons. The quantitative estimate of drug-likeness (QED) is 0.156. The molecular formula is C80H84N2. The van der Waals surface area contributed by atoms with Gasteiger partial charge in [0.15, 0.2) is 0 Å². The lowest BCUT2D eigenvalue weighted by Gasteiger charge is -2.29. The van der Waals surface area contributed by atoms with Crippen molar-refractivity contribution >= 4 is 43.1 Å². The van der Waals surface area contributed by atoms with Gasteiger partial charge in [0.1, 0.15) is 0 Å². The second-order valence-electron chi connectivity index (χ2n) is 30.8. The number of nitrogens with zero attached hydrogens (tertiary/aromatic N) is 2. The summed E-state index contributed by atoms with van der Waals surface area (Å²) < 4.78 is 4.97. The number of hydrogen-bond donors (Lipinski definition) is 0. The third-order valence-corrected chi connectivity index (χ3v) is 18.8. The normalized spacial score (nSPS) is 13.6. The Morgan fingerprint density at radius 3 is 0.829 bits per heavy atom. The van der Waals surface area contributed by atoms with Gasteiger partial charge in [-0.05, 0) is 179 Å². The molecule has 11 aromatic rings. The predicted molar refractivity (Wildman–Crippen MR) is 357 cm³/mol. The van der Waals surface area contributed by atoms with Gasteiger partial charge in [0, 0.05) is 70.0 Å². The molecule has 0 amide bonds. The van der Waals surface area contributed by atoms with Crippen LogP contribution >= 0.6 is 0 Å². The molecule has 0 bridgehead atoms. The molecule has 2 aromatic heterocycles. The zero-order valence-electron chi connectivity index (χ0n) is 52.8. The monoisotopic (exact) mass is 1070 g/mol. The lowest BCUT2D eigenvalue weighted by atomic mass is 9.75. The van der Waals surface area contributed by atoms with Gasteiger partial charge >= 0.3 is 0 Å². The van der Waals surface area contributed by atoms with Crippen LogP contribution < -0.4 is 0 Å². The third-order valence-electron chi connectivity index (χ3n) is 18.8. The molecule has 2 aliphatic rings. The molecular weight excluding hydrogens is 989 g/mol. The minimum absolute atomic E-state index is 0.0412. The Morgan fingerprint density at radius 1 is 0.256 bits per heavy atom. The summed E-state index contributed by atoms with van der Waals surface area (Å²) in [5.74, 6) is 0. The molecule has 0 saturated heterocycles. The SMILES string of the molecule is Cn1c(-c2c3c(c(-c4ccc(C(C)(C)C)n4C)c4ccccc24)-c2ccc4c5c(ccc-3c25)-c2c-4c(-c3cc(C(C)(C)C)cc(C(C)(C)C)c3)c3cc4ccccc4cc3c2-c2cc(C(C)(C)C)cc(C(C)(C)C)c2)ccc1C(C)(C)C. The Morgan fingerprint density at radius 2 is 0.549 bits per heavy atom. The van der Waals surface area contributed by atoms with Crippen molar-refractivity contribution in [2.24, 2.45) is 14.1 Å². The van der Waals surface area contributed by atoms with E-state index in [2.05, 4.69) is 293 Å². The van der Waals surface area contributed by atoms with Crippen molar-refractivity contribution in [3.8, 4) is 89.3 Å². The van der Waals surface area contributed by atoms with Gasteiger partial charge in [-0.15, -0.1) is 0 Å². The van der Waals surface area contributed by atoms with Gasteiger partial charge in [-0.3, -0.25) is 0 Å². The molecule has 2 heteroatoms. The minimum Gasteiger partial charge on any atom is -0.347 e. The van der Waals surface area contributed by atoms with E-state index in [0.717, 1.165) is 0 Å². The van der Waals surface area contributed by atoms with Crippen LogP contribution in [0.4, 0.5) is 0 Å². The molecule has 0 aliphatic heterocycles. The number of hydrogen-bond acceptors (Lipinski definition) is 0. The van der Waals surface area contributed by atoms with Crippen molar-refractivity contribution in [3.63, 3.8) is 0 Å². The predicted octanol–water partition coefficient (Wildman–Crippen LogP) is 22.7. The second-order valence-corrected chi connectivity index (χ2v) is 30.8. The first-order chi connectivity index (χ1) is 38.3. The van der Waals surface area contributed by atoms with Crippen LogP contribution in [0, 0.1) is 0 Å². The van der Waals surface area contributed by atoms with Gasteiger partial charge in [-0.2, -0.15) is 0 Å². The lowest BCUT2D eigenvalue weighted by Crippen LogP contribution is -2.17. The molecule has 0 atom stereocenters. The van der Waals surface area contributed by atoms with Crippen molar-refractivity contribution in [2.45, 2.75) is 157 Å². The average Bonchev–Trinajstić information content (AvgIpc) is 1.57. The van der Waals surface area contributed by atoms with Gasteiger partial charge < -0.3 is 9.13 Å². The summed E-state index contributed by atoms with van der Waals surface area (Å²) in [6.07, 6.45) is 0. The topological polar surface area (TPSA) is 9.86 Å². The van der Waals surface area contributed by atoms with Crippen molar-refractivity contribution in [1.82, 2.24) is 9.13 Å². The molecule has 2 heterocycles. The van der Waals surface area contributed by atoms with E-state index in [1.54, 1.807) is 0 Å². The van der Waals surface area contributed by atoms with E-state index in [1.165, 1.54) is 166 Å². The zero-order valence-corrected chi connectivity index (χ0v) is 52.8. The number of fused-ring (bicyclic) bond motifs is 9. The Bertz CT molecular complexity index is 4200. The van der Waals surface area contributed by atoms with Crippen LogP contribution in [0.25, 0.3) is 132 Å². The molecule has 0 fully saturated rings. The van der Waals surface area contributed by atoms with Crippen LogP contribution in [-0.2, 0) is 46.6 Å². The molecule has 9 aromatic carbocycles. The third kappa shape index (κ3) is 8.08. The van der Waals surface area contributed by atoms with Gasteiger partial charge in [0.05, 0.1) is 0 Å². The van der Waals surface area contributed by atoms with E-state index in [1.807, 2.05) is 0 Å². The summed E-state index contributed by atoms with van der Waals surface area (Å²) in [6, 6.07) is 58.3. The van der Waals surface area contributed by atoms with Gasteiger partial charge in [-0.1, -0.05) is 234 Å². The highest BCUT2D eigenvalue weighted by atomic mass is 15.0. The molecule has 0 N–H and O–H groups in total. The molecule has 0 unspecified atom stereocenters. The van der Waals surface area contributed by atoms with Crippen LogP contribution in [0.1, 0.15) is 158 Å². The summed E-state index contributed by atoms with van der Waals surface area (Å²) in [7, 11) is 4.58. The Balaban J connectivity index is 1.25. The summed E-state index contributed by atoms with van der Waals surface area (Å²) in [4.78, 5) is 0. The van der Waals surface area contributed by atoms with Crippen LogP contribution in [0.5, 0.6) is 0 Å². The van der Waals surface area contributed by atoms with Crippen LogP contribution in [0.2, 0.25) is 0 Å². The standard InChI is InChI=1S/C80H84N2/c1-75(2,3)49-37-47(38-50(43-49)76(4,5)6)65-59-41-45-25-21-22-26-46(45)42-60(59)66(48-39-51(77(7,8)9)44-52(40-48)78(10,11)12)72-56-30-32-58-68-57(31-29-55(67(56)68)71(65)72)73-69(61-33-35-63(81(61)19)79(13,14)15)53-27-23-24-28-54(53)70(74(58)73)62-34-36-64(82(62)20)80(16,17)18/h21-44H,1-20H3. The zero-order chi connectivity index (χ0) is 58.4. The van der Waals surface area contributed by atoms with Gasteiger partial charge in [0.2, 0.25) is 0 Å². The lowest BCUT2D eigenvalue weighted by molar-refractivity contribution is 0.544. The van der Waals surface area contributed by atoms with Gasteiger partial charge in [0.25, 0.3) is 0 Å². The summed E-state index contributed by atoms with van der Waals surface area (Å²) in [6.45, 7) is 42.6. The first-order valence-electron chi connectivity index (χ1n) is 30.2. The fraction of sp³-hybridized carbons (Fsp3) is 0.325. The molecule has 2 aliphatic carbocycles. The van der Waals surface area contributed by atoms with Crippen molar-refractivity contribution in [1.29, 1.82) is 0 Å². The average molecular weight is 1070 g/mol. The van der Waals surface area contributed by atoms with E-state index in [4.69, 9.17) is 0 Å². The number of aromatic nitrogens is 2. The molecule has 0 spiro atoms. The van der Waals surface area contributed by atoms with Crippen LogP contribution in [-0.4, -0.2) is 9.13 Å². The Kier molecular flexibility index (Phi) is 11.5. The fourth-order valence-electron chi connectivity index (χ4n) is 14.5. The highest BCUT2D eigenvalue weighted by molar-refractivity contribution is 6.35. The van der Waals surface area contributed by atoms with E-state index < -0.39 is 0 Å². The fourth-order valence-corrected chi connectivity index (χ4v) is 14.5. The molecule has 82 heavy (non-hydrogen) atoms. The molecule has 13 rings (SSSR count). The first kappa shape index (κ1) is 53.9. The summed E-state index contributed by atoms with van der Waals surface area (Å²) >= 11 is 0. The van der Waals surface area contributed by atoms with E-state index >= 15 is 0 Å². The number of rotatable bonds is 4. The molecule has 0 saturated carbocycles.